The van der Waals surface area contributed by atoms with Gasteiger partial charge in [-0.15, -0.1) is 0 Å². The van der Waals surface area contributed by atoms with E-state index >= 15 is 0 Å². The van der Waals surface area contributed by atoms with Gasteiger partial charge < -0.3 is 10.4 Å². The molecule has 0 aliphatic rings. The summed E-state index contributed by atoms with van der Waals surface area (Å²) < 4.78 is 0. The van der Waals surface area contributed by atoms with E-state index < -0.39 is 12.1 Å². The number of rotatable bonds is 3. The first-order valence-electron chi connectivity index (χ1n) is 6.39. The van der Waals surface area contributed by atoms with E-state index in [0.29, 0.717) is 0 Å². The number of carbonyl (C=O) groups excluding carboxylic acids is 1. The van der Waals surface area contributed by atoms with Crippen molar-refractivity contribution in [1.82, 2.24) is 5.32 Å². The SMILES string of the molecule is C=C=C=C=C=C=C=C=C=C=C=C=C=C=C[C@H](O)[C@H](C)NC(C)=O.[HH].[HH].[HH].[HH].[HH].[HH].[HH].[HH].[HH].[HH].[HH].[HH].[HH].[HH].[HH]. The highest BCUT2D eigenvalue weighted by atomic mass is 16.3. The molecule has 0 saturated carbocycles. The van der Waals surface area contributed by atoms with Gasteiger partial charge in [0.05, 0.1) is 12.1 Å². The maximum absolute atomic E-state index is 10.8. The van der Waals surface area contributed by atoms with E-state index in [0.717, 1.165) is 0 Å². The summed E-state index contributed by atoms with van der Waals surface area (Å²) >= 11 is 0. The summed E-state index contributed by atoms with van der Waals surface area (Å²) in [6.07, 6.45) is 0.477. The van der Waals surface area contributed by atoms with E-state index in [1.165, 1.54) is 13.0 Å². The van der Waals surface area contributed by atoms with Crippen LogP contribution >= 0.6 is 0 Å². The molecule has 0 aromatic heterocycles. The van der Waals surface area contributed by atoms with Gasteiger partial charge in [0.2, 0.25) is 5.91 Å². The van der Waals surface area contributed by atoms with E-state index in [4.69, 9.17) is 0 Å². The van der Waals surface area contributed by atoms with Crippen LogP contribution in [0.2, 0.25) is 0 Å². The number of carbonyl (C=O) groups is 1. The standard InChI is InChI=1S/C20H13NO2.15H2/c1-4-5-6-7-8-9-10-11-12-13-14-15-16-17-20(23)18(2)21-19(3)22;;;;;;;;;;;;;;;/h17-18,20,23H,1H2,2-3H3,(H,21,22);15*1H/t18-,20-;;;;;;;;;;;;;;;/m0.............../s1. The molecule has 1 amide bonds. The Hall–Kier alpha value is -3.69. The minimum atomic E-state index is -0.870. The van der Waals surface area contributed by atoms with Crippen LogP contribution in [0.25, 0.3) is 0 Å². The highest BCUT2D eigenvalue weighted by Crippen LogP contribution is 1.93. The molecule has 0 aliphatic carbocycles. The number of nitrogens with one attached hydrogen (secondary N) is 1. The number of amides is 1. The second kappa shape index (κ2) is 13.3. The van der Waals surface area contributed by atoms with Crippen molar-refractivity contribution in [2.24, 2.45) is 0 Å². The third kappa shape index (κ3) is 13.1. The highest BCUT2D eigenvalue weighted by molar-refractivity contribution is 5.73. The summed E-state index contributed by atoms with van der Waals surface area (Å²) in [5, 5.41) is 12.2. The molecule has 23 heavy (non-hydrogen) atoms. The van der Waals surface area contributed by atoms with Gasteiger partial charge in [-0.25, -0.2) is 0 Å². The van der Waals surface area contributed by atoms with Crippen LogP contribution in [0.1, 0.15) is 35.2 Å². The van der Waals surface area contributed by atoms with Crippen molar-refractivity contribution in [3.8, 4) is 0 Å². The molecule has 0 rings (SSSR count). The van der Waals surface area contributed by atoms with Crippen LogP contribution in [-0.2, 0) is 4.79 Å². The van der Waals surface area contributed by atoms with Gasteiger partial charge in [0.25, 0.3) is 0 Å². The molecule has 0 aromatic carbocycles. The third-order valence-electron chi connectivity index (χ3n) is 1.98. The summed E-state index contributed by atoms with van der Waals surface area (Å²) in [6.45, 7) is 6.34. The Morgan fingerprint density at radius 1 is 1.00 bits per heavy atom. The zero-order valence-corrected chi connectivity index (χ0v) is 12.8. The van der Waals surface area contributed by atoms with Crippen LogP contribution in [0.5, 0.6) is 0 Å². The molecular formula is C20H43NO2. The first kappa shape index (κ1) is 19.3. The van der Waals surface area contributed by atoms with Crippen molar-refractivity contribution in [3.05, 3.63) is 87.2 Å². The van der Waals surface area contributed by atoms with Gasteiger partial charge in [0, 0.05) is 28.3 Å². The fourth-order valence-electron chi connectivity index (χ4n) is 1.04. The maximum Gasteiger partial charge on any atom is 0.217 e. The van der Waals surface area contributed by atoms with Crippen molar-refractivity contribution in [2.45, 2.75) is 26.0 Å². The van der Waals surface area contributed by atoms with Crippen LogP contribution in [0.15, 0.2) is 87.2 Å². The zero-order valence-electron chi connectivity index (χ0n) is 12.8. The van der Waals surface area contributed by atoms with E-state index in [1.54, 1.807) is 6.92 Å². The second-order valence-electron chi connectivity index (χ2n) is 3.84. The molecule has 3 nitrogen and oxygen atoms in total. The Kier molecular flexibility index (Phi) is 11.2. The normalized spacial score (nSPS) is 9.00. The Morgan fingerprint density at radius 3 is 1.87 bits per heavy atom. The number of hydrogen-bond acceptors (Lipinski definition) is 2. The minimum absolute atomic E-state index is 0. The van der Waals surface area contributed by atoms with E-state index in [-0.39, 0.29) is 27.3 Å². The van der Waals surface area contributed by atoms with Crippen LogP contribution in [0.3, 0.4) is 0 Å². The summed E-state index contributed by atoms with van der Waals surface area (Å²) in [5.41, 5.74) is 32.1. The highest BCUT2D eigenvalue weighted by Gasteiger charge is 2.10. The molecule has 2 N–H and O–H groups in total. The van der Waals surface area contributed by atoms with Gasteiger partial charge >= 0.3 is 0 Å². The second-order valence-corrected chi connectivity index (χ2v) is 3.84. The van der Waals surface area contributed by atoms with Gasteiger partial charge in [0.15, 0.2) is 0 Å². The quantitative estimate of drug-likeness (QED) is 0.646. The predicted molar refractivity (Wildman–Crippen MR) is 117 cm³/mol. The van der Waals surface area contributed by atoms with Crippen molar-refractivity contribution in [2.75, 3.05) is 0 Å². The Bertz CT molecular complexity index is 969. The fourth-order valence-corrected chi connectivity index (χ4v) is 1.04. The van der Waals surface area contributed by atoms with E-state index in [2.05, 4.69) is 86.4 Å². The number of aliphatic hydroxyl groups excluding tert-OH is 1. The van der Waals surface area contributed by atoms with Gasteiger partial charge in [-0.3, -0.25) is 4.79 Å². The molecule has 0 unspecified atom stereocenters. The lowest BCUT2D eigenvalue weighted by molar-refractivity contribution is -0.120. The van der Waals surface area contributed by atoms with Crippen LogP contribution in [0.4, 0.5) is 0 Å². The van der Waals surface area contributed by atoms with Crippen LogP contribution in [0, 0.1) is 0 Å². The van der Waals surface area contributed by atoms with Crippen LogP contribution in [-0.4, -0.2) is 23.2 Å². The number of hydrogen-bond donors (Lipinski definition) is 2. The monoisotopic (exact) mass is 329 g/mol. The largest absolute Gasteiger partial charge is 0.386 e. The molecule has 0 aromatic rings. The third-order valence-corrected chi connectivity index (χ3v) is 1.98. The molecule has 140 valence electrons. The first-order chi connectivity index (χ1) is 11.1. The lowest BCUT2D eigenvalue weighted by Gasteiger charge is -2.14. The van der Waals surface area contributed by atoms with Crippen molar-refractivity contribution >= 4 is 5.91 Å². The first-order valence-corrected chi connectivity index (χ1v) is 6.39. The average molecular weight is 330 g/mol. The maximum atomic E-state index is 10.8. The molecule has 0 fully saturated rings. The molecular weight excluding hydrogens is 286 g/mol. The molecule has 0 aliphatic heterocycles. The van der Waals surface area contributed by atoms with Crippen molar-refractivity contribution in [3.63, 3.8) is 0 Å². The lowest BCUT2D eigenvalue weighted by Crippen LogP contribution is -2.38. The molecule has 2 atom stereocenters. The summed E-state index contributed by atoms with van der Waals surface area (Å²) in [5.74, 6) is -0.218. The van der Waals surface area contributed by atoms with Gasteiger partial charge in [0.1, 0.15) is 0 Å². The molecule has 0 radical (unpaired) electrons. The van der Waals surface area contributed by atoms with Crippen molar-refractivity contribution in [1.29, 1.82) is 0 Å². The average Bonchev–Trinajstić information content (AvgIpc) is 2.51. The Labute approximate surface area is 157 Å². The molecule has 0 spiro atoms. The zero-order chi connectivity index (χ0) is 17.3. The Balaban J connectivity index is -0.0000000230. The summed E-state index contributed by atoms with van der Waals surface area (Å²) in [4.78, 5) is 10.8. The topological polar surface area (TPSA) is 49.3 Å². The predicted octanol–water partition coefficient (Wildman–Crippen LogP) is 5.76. The van der Waals surface area contributed by atoms with E-state index in [9.17, 15) is 9.90 Å². The van der Waals surface area contributed by atoms with Crippen molar-refractivity contribution < 1.29 is 31.3 Å². The van der Waals surface area contributed by atoms with Gasteiger partial charge in [-0.05, 0) is 82.6 Å². The van der Waals surface area contributed by atoms with Gasteiger partial charge in [-0.2, -0.15) is 0 Å². The van der Waals surface area contributed by atoms with Gasteiger partial charge in [-0.1, -0.05) is 11.5 Å². The molecule has 0 saturated heterocycles. The molecule has 3 heteroatoms. The minimum Gasteiger partial charge on any atom is -0.386 e. The fraction of sp³-hybridized carbons (Fsp3) is 0.200. The summed E-state index contributed by atoms with van der Waals surface area (Å²) in [7, 11) is 0. The summed E-state index contributed by atoms with van der Waals surface area (Å²) in [6, 6.07) is -0.417. The molecule has 0 bridgehead atoms. The van der Waals surface area contributed by atoms with Crippen LogP contribution < -0.4 is 5.32 Å². The molecule has 0 heterocycles. The smallest absolute Gasteiger partial charge is 0.217 e. The number of aliphatic hydroxyl groups is 1. The van der Waals surface area contributed by atoms with E-state index in [1.807, 2.05) is 0 Å². The Morgan fingerprint density at radius 2 is 1.43 bits per heavy atom. The lowest BCUT2D eigenvalue weighted by atomic mass is 10.2.